The minimum atomic E-state index is -0.692. The molecule has 1 aliphatic rings. The zero-order valence-electron chi connectivity index (χ0n) is 9.83. The Morgan fingerprint density at radius 3 is 2.69 bits per heavy atom. The van der Waals surface area contributed by atoms with Crippen molar-refractivity contribution in [3.05, 3.63) is 0 Å². The molecule has 94 valence electrons. The van der Waals surface area contributed by atoms with Crippen molar-refractivity contribution in [3.63, 3.8) is 0 Å². The number of aliphatic hydroxyl groups is 1. The maximum absolute atomic E-state index is 11.3. The number of carbonyl (C=O) groups is 1. The van der Waals surface area contributed by atoms with Crippen molar-refractivity contribution in [2.24, 2.45) is 0 Å². The summed E-state index contributed by atoms with van der Waals surface area (Å²) < 4.78 is 9.85. The molecule has 0 aliphatic heterocycles. The number of nitrogens with one attached hydrogen (secondary N) is 1. The second-order valence-corrected chi connectivity index (χ2v) is 4.25. The Kier molecular flexibility index (Phi) is 5.73. The van der Waals surface area contributed by atoms with Crippen LogP contribution in [0.2, 0.25) is 0 Å². The topological polar surface area (TPSA) is 67.8 Å². The molecule has 1 rings (SSSR count). The Morgan fingerprint density at radius 2 is 2.06 bits per heavy atom. The Balaban J connectivity index is 2.05. The van der Waals surface area contributed by atoms with Crippen LogP contribution in [0.5, 0.6) is 0 Å². The highest BCUT2D eigenvalue weighted by Crippen LogP contribution is 2.28. The van der Waals surface area contributed by atoms with Gasteiger partial charge in [0.25, 0.3) is 0 Å². The molecule has 5 heteroatoms. The van der Waals surface area contributed by atoms with E-state index >= 15 is 0 Å². The van der Waals surface area contributed by atoms with Gasteiger partial charge in [-0.3, -0.25) is 4.79 Å². The largest absolute Gasteiger partial charge is 0.388 e. The fraction of sp³-hybridized carbons (Fsp3) is 0.909. The third-order valence-corrected chi connectivity index (χ3v) is 2.81. The molecule has 1 amide bonds. The predicted molar refractivity (Wildman–Crippen MR) is 59.1 cm³/mol. The van der Waals surface area contributed by atoms with Gasteiger partial charge in [-0.05, 0) is 12.8 Å². The Morgan fingerprint density at radius 1 is 1.38 bits per heavy atom. The Bertz CT molecular complexity index is 214. The molecule has 0 spiro atoms. The highest BCUT2D eigenvalue weighted by molar-refractivity contribution is 5.77. The maximum atomic E-state index is 11.3. The van der Waals surface area contributed by atoms with Gasteiger partial charge in [-0.15, -0.1) is 0 Å². The van der Waals surface area contributed by atoms with E-state index in [0.29, 0.717) is 19.8 Å². The summed E-state index contributed by atoms with van der Waals surface area (Å²) in [4.78, 5) is 11.3. The fourth-order valence-electron chi connectivity index (χ4n) is 1.83. The van der Waals surface area contributed by atoms with Crippen LogP contribution in [0.15, 0.2) is 0 Å². The first-order chi connectivity index (χ1) is 7.66. The van der Waals surface area contributed by atoms with E-state index in [1.54, 1.807) is 7.11 Å². The first kappa shape index (κ1) is 13.4. The van der Waals surface area contributed by atoms with Crippen molar-refractivity contribution in [1.29, 1.82) is 0 Å². The number of rotatable bonds is 7. The molecule has 0 unspecified atom stereocenters. The van der Waals surface area contributed by atoms with Crippen LogP contribution in [-0.4, -0.2) is 50.1 Å². The number of methoxy groups -OCH3 is 1. The quantitative estimate of drug-likeness (QED) is 0.608. The molecule has 0 saturated heterocycles. The van der Waals surface area contributed by atoms with Crippen LogP contribution in [0.3, 0.4) is 0 Å². The summed E-state index contributed by atoms with van der Waals surface area (Å²) in [5, 5.41) is 12.7. The van der Waals surface area contributed by atoms with E-state index in [0.717, 1.165) is 25.7 Å². The van der Waals surface area contributed by atoms with Gasteiger partial charge in [-0.1, -0.05) is 12.8 Å². The number of amides is 1. The van der Waals surface area contributed by atoms with Crippen LogP contribution in [0, 0.1) is 0 Å². The van der Waals surface area contributed by atoms with Gasteiger partial charge >= 0.3 is 0 Å². The maximum Gasteiger partial charge on any atom is 0.246 e. The number of ether oxygens (including phenoxy) is 2. The predicted octanol–water partition coefficient (Wildman–Crippen LogP) is 0.0707. The second kappa shape index (κ2) is 6.83. The summed E-state index contributed by atoms with van der Waals surface area (Å²) in [5.41, 5.74) is -0.692. The van der Waals surface area contributed by atoms with E-state index in [9.17, 15) is 9.90 Å². The molecule has 0 heterocycles. The van der Waals surface area contributed by atoms with Crippen LogP contribution in [0.1, 0.15) is 25.7 Å². The van der Waals surface area contributed by atoms with E-state index in [-0.39, 0.29) is 12.5 Å². The summed E-state index contributed by atoms with van der Waals surface area (Å²) in [5.74, 6) is -0.184. The zero-order valence-corrected chi connectivity index (χ0v) is 9.83. The molecule has 0 radical (unpaired) electrons. The zero-order chi connectivity index (χ0) is 11.9. The van der Waals surface area contributed by atoms with Gasteiger partial charge in [0.2, 0.25) is 5.91 Å². The summed E-state index contributed by atoms with van der Waals surface area (Å²) in [7, 11) is 1.58. The molecule has 0 aromatic carbocycles. The number of carbonyl (C=O) groups excluding carboxylic acids is 1. The number of hydrogen-bond donors (Lipinski definition) is 2. The highest BCUT2D eigenvalue weighted by Gasteiger charge is 2.31. The summed E-state index contributed by atoms with van der Waals surface area (Å²) in [6.07, 6.45) is 3.63. The normalized spacial score (nSPS) is 18.6. The molecule has 0 aromatic heterocycles. The third-order valence-electron chi connectivity index (χ3n) is 2.81. The lowest BCUT2D eigenvalue weighted by Gasteiger charge is -2.22. The van der Waals surface area contributed by atoms with Crippen molar-refractivity contribution in [3.8, 4) is 0 Å². The van der Waals surface area contributed by atoms with Crippen LogP contribution < -0.4 is 5.32 Å². The molecular weight excluding hydrogens is 210 g/mol. The molecule has 0 aromatic rings. The van der Waals surface area contributed by atoms with E-state index in [1.807, 2.05) is 0 Å². The first-order valence-electron chi connectivity index (χ1n) is 5.72. The lowest BCUT2D eigenvalue weighted by molar-refractivity contribution is -0.127. The first-order valence-corrected chi connectivity index (χ1v) is 5.72. The summed E-state index contributed by atoms with van der Waals surface area (Å²) in [6.45, 7) is 1.25. The summed E-state index contributed by atoms with van der Waals surface area (Å²) >= 11 is 0. The monoisotopic (exact) mass is 231 g/mol. The van der Waals surface area contributed by atoms with Crippen molar-refractivity contribution < 1.29 is 19.4 Å². The fourth-order valence-corrected chi connectivity index (χ4v) is 1.83. The molecule has 0 bridgehead atoms. The van der Waals surface area contributed by atoms with Gasteiger partial charge in [-0.2, -0.15) is 0 Å². The molecule has 5 nitrogen and oxygen atoms in total. The van der Waals surface area contributed by atoms with Crippen molar-refractivity contribution in [2.75, 3.05) is 33.5 Å². The van der Waals surface area contributed by atoms with Gasteiger partial charge in [-0.25, -0.2) is 0 Å². The smallest absolute Gasteiger partial charge is 0.246 e. The van der Waals surface area contributed by atoms with E-state index in [2.05, 4.69) is 5.32 Å². The van der Waals surface area contributed by atoms with E-state index < -0.39 is 5.60 Å². The Hall–Kier alpha value is -0.650. The lowest BCUT2D eigenvalue weighted by Crippen LogP contribution is -2.42. The van der Waals surface area contributed by atoms with E-state index in [4.69, 9.17) is 9.47 Å². The van der Waals surface area contributed by atoms with Crippen LogP contribution in [0.4, 0.5) is 0 Å². The Labute approximate surface area is 96.1 Å². The average Bonchev–Trinajstić information content (AvgIpc) is 2.70. The van der Waals surface area contributed by atoms with Gasteiger partial charge in [0, 0.05) is 13.7 Å². The molecule has 0 atom stereocenters. The van der Waals surface area contributed by atoms with Crippen molar-refractivity contribution in [1.82, 2.24) is 5.32 Å². The van der Waals surface area contributed by atoms with Gasteiger partial charge < -0.3 is 19.9 Å². The minimum Gasteiger partial charge on any atom is -0.388 e. The van der Waals surface area contributed by atoms with Gasteiger partial charge in [0.1, 0.15) is 6.61 Å². The van der Waals surface area contributed by atoms with Crippen LogP contribution in [-0.2, 0) is 14.3 Å². The molecule has 1 saturated carbocycles. The van der Waals surface area contributed by atoms with Crippen molar-refractivity contribution in [2.45, 2.75) is 31.3 Å². The SMILES string of the molecule is COCCOCC(=O)NCC1(O)CCCC1. The molecule has 1 aliphatic carbocycles. The van der Waals surface area contributed by atoms with Crippen molar-refractivity contribution >= 4 is 5.91 Å². The van der Waals surface area contributed by atoms with Gasteiger partial charge in [0.15, 0.2) is 0 Å². The molecule has 16 heavy (non-hydrogen) atoms. The molecule has 1 fully saturated rings. The summed E-state index contributed by atoms with van der Waals surface area (Å²) in [6, 6.07) is 0. The standard InChI is InChI=1S/C11H21NO4/c1-15-6-7-16-8-10(13)12-9-11(14)4-2-3-5-11/h14H,2-9H2,1H3,(H,12,13). The van der Waals surface area contributed by atoms with E-state index in [1.165, 1.54) is 0 Å². The lowest BCUT2D eigenvalue weighted by atomic mass is 10.0. The molecule has 2 N–H and O–H groups in total. The van der Waals surface area contributed by atoms with Gasteiger partial charge in [0.05, 0.1) is 18.8 Å². The average molecular weight is 231 g/mol. The third kappa shape index (κ3) is 4.92. The minimum absolute atomic E-state index is 0.0272. The van der Waals surface area contributed by atoms with Crippen LogP contribution in [0.25, 0.3) is 0 Å². The highest BCUT2D eigenvalue weighted by atomic mass is 16.5. The van der Waals surface area contributed by atoms with Crippen LogP contribution >= 0.6 is 0 Å². The number of hydrogen-bond acceptors (Lipinski definition) is 4. The molecular formula is C11H21NO4. The second-order valence-electron chi connectivity index (χ2n) is 4.25.